The summed E-state index contributed by atoms with van der Waals surface area (Å²) in [6.45, 7) is 6.62. The average molecular weight is 358 g/mol. The lowest BCUT2D eigenvalue weighted by molar-refractivity contribution is 0.416. The van der Waals surface area contributed by atoms with Crippen LogP contribution in [0.4, 0.5) is 5.82 Å². The van der Waals surface area contributed by atoms with Gasteiger partial charge in [0.2, 0.25) is 0 Å². The Morgan fingerprint density at radius 3 is 3.16 bits per heavy atom. The number of piperidine rings is 1. The smallest absolute Gasteiger partial charge is 0.290 e. The van der Waals surface area contributed by atoms with E-state index in [0.717, 1.165) is 43.1 Å². The van der Waals surface area contributed by atoms with Crippen LogP contribution in [0.1, 0.15) is 29.1 Å². The molecule has 132 valence electrons. The van der Waals surface area contributed by atoms with Crippen LogP contribution in [0, 0.1) is 13.8 Å². The van der Waals surface area contributed by atoms with Gasteiger partial charge in [-0.15, -0.1) is 11.3 Å². The van der Waals surface area contributed by atoms with Gasteiger partial charge in [-0.2, -0.15) is 0 Å². The number of aromatic nitrogens is 4. The molecule has 4 rings (SSSR count). The van der Waals surface area contributed by atoms with Crippen molar-refractivity contribution in [2.45, 2.75) is 39.3 Å². The van der Waals surface area contributed by atoms with E-state index in [1.165, 1.54) is 10.6 Å². The first kappa shape index (κ1) is 16.3. The summed E-state index contributed by atoms with van der Waals surface area (Å²) in [6, 6.07) is 0.333. The molecule has 3 aromatic heterocycles. The van der Waals surface area contributed by atoms with Gasteiger partial charge in [0.15, 0.2) is 10.8 Å². The molecular weight excluding hydrogens is 336 g/mol. The van der Waals surface area contributed by atoms with Crippen LogP contribution in [0.15, 0.2) is 23.4 Å². The normalized spacial score (nSPS) is 18.2. The zero-order chi connectivity index (χ0) is 17.4. The van der Waals surface area contributed by atoms with Crippen molar-refractivity contribution in [3.05, 3.63) is 45.2 Å². The zero-order valence-corrected chi connectivity index (χ0v) is 15.3. The van der Waals surface area contributed by atoms with Crippen LogP contribution < -0.4 is 15.8 Å². The molecule has 1 aliphatic heterocycles. The van der Waals surface area contributed by atoms with Crippen LogP contribution in [-0.4, -0.2) is 38.5 Å². The summed E-state index contributed by atoms with van der Waals surface area (Å²) in [5.74, 6) is 0.519. The highest BCUT2D eigenvalue weighted by atomic mass is 32.1. The van der Waals surface area contributed by atoms with Crippen molar-refractivity contribution < 1.29 is 0 Å². The molecule has 8 heteroatoms. The Kier molecular flexibility index (Phi) is 4.30. The fourth-order valence-electron chi connectivity index (χ4n) is 3.47. The molecule has 2 N–H and O–H groups in total. The SMILES string of the molecule is Cc1cn2c(CNC3CCCN(c4ncc[nH]c4=O)C3)c(C)nc2s1. The van der Waals surface area contributed by atoms with E-state index in [4.69, 9.17) is 0 Å². The number of hydrogen-bond acceptors (Lipinski definition) is 6. The van der Waals surface area contributed by atoms with E-state index >= 15 is 0 Å². The zero-order valence-electron chi connectivity index (χ0n) is 14.5. The number of nitrogens with one attached hydrogen (secondary N) is 2. The van der Waals surface area contributed by atoms with Gasteiger partial charge in [-0.3, -0.25) is 9.20 Å². The first-order valence-corrected chi connectivity index (χ1v) is 9.39. The summed E-state index contributed by atoms with van der Waals surface area (Å²) in [5, 5.41) is 3.65. The summed E-state index contributed by atoms with van der Waals surface area (Å²) in [4.78, 5) is 28.0. The summed E-state index contributed by atoms with van der Waals surface area (Å²) in [7, 11) is 0. The Balaban J connectivity index is 1.46. The molecule has 1 saturated heterocycles. The molecular formula is C17H22N6OS. The second-order valence-electron chi connectivity index (χ2n) is 6.55. The second-order valence-corrected chi connectivity index (χ2v) is 7.76. The van der Waals surface area contributed by atoms with Crippen molar-refractivity contribution in [2.75, 3.05) is 18.0 Å². The van der Waals surface area contributed by atoms with Crippen molar-refractivity contribution in [3.63, 3.8) is 0 Å². The molecule has 1 atom stereocenters. The summed E-state index contributed by atoms with van der Waals surface area (Å²) in [5.41, 5.74) is 2.17. The molecule has 3 aromatic rings. The van der Waals surface area contributed by atoms with Crippen LogP contribution in [0.25, 0.3) is 4.96 Å². The molecule has 25 heavy (non-hydrogen) atoms. The van der Waals surface area contributed by atoms with Gasteiger partial charge in [0.05, 0.1) is 11.4 Å². The van der Waals surface area contributed by atoms with Crippen molar-refractivity contribution >= 4 is 22.1 Å². The molecule has 0 aliphatic carbocycles. The van der Waals surface area contributed by atoms with Gasteiger partial charge < -0.3 is 15.2 Å². The molecule has 0 radical (unpaired) electrons. The number of rotatable bonds is 4. The largest absolute Gasteiger partial charge is 0.350 e. The lowest BCUT2D eigenvalue weighted by Gasteiger charge is -2.33. The van der Waals surface area contributed by atoms with Gasteiger partial charge in [0, 0.05) is 49.1 Å². The number of aryl methyl sites for hydroxylation is 2. The Morgan fingerprint density at radius 2 is 2.32 bits per heavy atom. The molecule has 0 spiro atoms. The fraction of sp³-hybridized carbons (Fsp3) is 0.471. The van der Waals surface area contributed by atoms with Gasteiger partial charge in [-0.1, -0.05) is 0 Å². The van der Waals surface area contributed by atoms with Gasteiger partial charge >= 0.3 is 0 Å². The number of thiazole rings is 1. The number of imidazole rings is 1. The lowest BCUT2D eigenvalue weighted by atomic mass is 10.1. The first-order chi connectivity index (χ1) is 12.1. The monoisotopic (exact) mass is 358 g/mol. The van der Waals surface area contributed by atoms with E-state index in [2.05, 4.69) is 49.6 Å². The van der Waals surface area contributed by atoms with E-state index in [-0.39, 0.29) is 5.56 Å². The Morgan fingerprint density at radius 1 is 1.44 bits per heavy atom. The van der Waals surface area contributed by atoms with Crippen molar-refractivity contribution in [1.29, 1.82) is 0 Å². The van der Waals surface area contributed by atoms with Crippen molar-refractivity contribution in [1.82, 2.24) is 24.7 Å². The number of hydrogen-bond donors (Lipinski definition) is 2. The minimum atomic E-state index is -0.120. The van der Waals surface area contributed by atoms with Crippen LogP contribution in [0.2, 0.25) is 0 Å². The average Bonchev–Trinajstić information content (AvgIpc) is 3.08. The molecule has 1 unspecified atom stereocenters. The topological polar surface area (TPSA) is 78.3 Å². The Labute approximate surface area is 149 Å². The van der Waals surface area contributed by atoms with Gasteiger partial charge in [0.1, 0.15) is 0 Å². The third kappa shape index (κ3) is 3.19. The predicted molar refractivity (Wildman–Crippen MR) is 99.5 cm³/mol. The van der Waals surface area contributed by atoms with Crippen LogP contribution in [0.5, 0.6) is 0 Å². The Hall–Kier alpha value is -2.19. The highest BCUT2D eigenvalue weighted by Gasteiger charge is 2.23. The van der Waals surface area contributed by atoms with E-state index in [0.29, 0.717) is 11.9 Å². The number of anilines is 1. The summed E-state index contributed by atoms with van der Waals surface area (Å²) >= 11 is 1.72. The Bertz CT molecular complexity index is 942. The minimum absolute atomic E-state index is 0.120. The van der Waals surface area contributed by atoms with E-state index in [1.807, 2.05) is 0 Å². The molecule has 1 aliphatic rings. The number of H-pyrrole nitrogens is 1. The lowest BCUT2D eigenvalue weighted by Crippen LogP contribution is -2.47. The molecule has 0 saturated carbocycles. The fourth-order valence-corrected chi connectivity index (χ4v) is 4.36. The van der Waals surface area contributed by atoms with E-state index in [9.17, 15) is 4.79 Å². The molecule has 0 amide bonds. The standard InChI is InChI=1S/C17H22N6OS/c1-11-9-23-14(12(2)21-17(23)25-11)8-20-13-4-3-7-22(10-13)15-16(24)19-6-5-18-15/h5-6,9,13,20H,3-4,7-8,10H2,1-2H3,(H,19,24). The first-order valence-electron chi connectivity index (χ1n) is 8.58. The van der Waals surface area contributed by atoms with Crippen LogP contribution >= 0.6 is 11.3 Å². The van der Waals surface area contributed by atoms with Crippen LogP contribution in [-0.2, 0) is 6.54 Å². The van der Waals surface area contributed by atoms with E-state index < -0.39 is 0 Å². The maximum Gasteiger partial charge on any atom is 0.290 e. The van der Waals surface area contributed by atoms with Crippen LogP contribution in [0.3, 0.4) is 0 Å². The van der Waals surface area contributed by atoms with Crippen molar-refractivity contribution in [2.24, 2.45) is 0 Å². The molecule has 0 aromatic carbocycles. The predicted octanol–water partition coefficient (Wildman–Crippen LogP) is 1.85. The second kappa shape index (κ2) is 6.61. The number of nitrogens with zero attached hydrogens (tertiary/aromatic N) is 4. The van der Waals surface area contributed by atoms with Gasteiger partial charge in [-0.25, -0.2) is 9.97 Å². The maximum atomic E-state index is 12.0. The molecule has 7 nitrogen and oxygen atoms in total. The quantitative estimate of drug-likeness (QED) is 0.744. The van der Waals surface area contributed by atoms with E-state index in [1.54, 1.807) is 23.7 Å². The number of fused-ring (bicyclic) bond motifs is 1. The molecule has 1 fully saturated rings. The third-order valence-electron chi connectivity index (χ3n) is 4.71. The molecule has 0 bridgehead atoms. The third-order valence-corrected chi connectivity index (χ3v) is 5.61. The highest BCUT2D eigenvalue weighted by molar-refractivity contribution is 7.17. The molecule has 4 heterocycles. The number of aromatic amines is 1. The maximum absolute atomic E-state index is 12.0. The van der Waals surface area contributed by atoms with Gasteiger partial charge in [-0.05, 0) is 26.7 Å². The summed E-state index contributed by atoms with van der Waals surface area (Å²) < 4.78 is 2.19. The minimum Gasteiger partial charge on any atom is -0.350 e. The summed E-state index contributed by atoms with van der Waals surface area (Å²) in [6.07, 6.45) is 7.51. The van der Waals surface area contributed by atoms with Gasteiger partial charge in [0.25, 0.3) is 5.56 Å². The van der Waals surface area contributed by atoms with Crippen molar-refractivity contribution in [3.8, 4) is 0 Å². The highest BCUT2D eigenvalue weighted by Crippen LogP contribution is 2.21.